The molecule has 2 aromatic carbocycles. The number of ether oxygens (including phenoxy) is 1. The zero-order valence-electron chi connectivity index (χ0n) is 14.9. The van der Waals surface area contributed by atoms with Crippen LogP contribution in [0.15, 0.2) is 66.3 Å². The second kappa shape index (κ2) is 7.94. The molecule has 4 nitrogen and oxygen atoms in total. The van der Waals surface area contributed by atoms with Crippen molar-refractivity contribution in [3.8, 4) is 11.8 Å². The number of nitriles is 1. The van der Waals surface area contributed by atoms with E-state index in [-0.39, 0.29) is 11.4 Å². The second-order valence-corrected chi connectivity index (χ2v) is 6.34. The molecule has 0 spiro atoms. The summed E-state index contributed by atoms with van der Waals surface area (Å²) in [5, 5.41) is 10.7. The molecule has 0 atom stereocenters. The number of hydrogen-bond donors (Lipinski definition) is 1. The Bertz CT molecular complexity index is 1100. The summed E-state index contributed by atoms with van der Waals surface area (Å²) in [7, 11) is 1.59. The number of methoxy groups -OCH3 is 1. The van der Waals surface area contributed by atoms with Gasteiger partial charge in [-0.05, 0) is 55.0 Å². The molecule has 0 saturated carbocycles. The molecular formula is C22H17ClN2O2. The molecule has 0 aliphatic carbocycles. The normalized spacial score (nSPS) is 12.1. The third-order valence-corrected chi connectivity index (χ3v) is 4.59. The van der Waals surface area contributed by atoms with Crippen LogP contribution in [0.2, 0.25) is 0 Å². The number of aryl methyl sites for hydroxylation is 1. The van der Waals surface area contributed by atoms with E-state index in [1.165, 1.54) is 6.08 Å². The first-order chi connectivity index (χ1) is 13.0. The Morgan fingerprint density at radius 3 is 2.52 bits per heavy atom. The number of benzene rings is 2. The minimum atomic E-state index is -0.331. The maximum atomic E-state index is 12.9. The van der Waals surface area contributed by atoms with Gasteiger partial charge in [0.25, 0.3) is 0 Å². The molecule has 0 aliphatic rings. The first kappa shape index (κ1) is 18.5. The molecule has 0 unspecified atom stereocenters. The van der Waals surface area contributed by atoms with E-state index in [2.05, 4.69) is 4.98 Å². The number of fused-ring (bicyclic) bond motifs is 1. The lowest BCUT2D eigenvalue weighted by Crippen LogP contribution is -2.03. The van der Waals surface area contributed by atoms with Crippen LogP contribution >= 0.6 is 11.6 Å². The van der Waals surface area contributed by atoms with Gasteiger partial charge in [0.1, 0.15) is 17.4 Å². The van der Waals surface area contributed by atoms with Crippen molar-refractivity contribution in [1.82, 2.24) is 4.98 Å². The van der Waals surface area contributed by atoms with Crippen LogP contribution in [0.1, 0.15) is 21.6 Å². The van der Waals surface area contributed by atoms with Crippen molar-refractivity contribution < 1.29 is 9.53 Å². The van der Waals surface area contributed by atoms with Crippen LogP contribution in [0.3, 0.4) is 0 Å². The lowest BCUT2D eigenvalue weighted by molar-refractivity contribution is 0.104. The highest BCUT2D eigenvalue weighted by atomic mass is 35.5. The summed E-state index contributed by atoms with van der Waals surface area (Å²) < 4.78 is 5.12. The number of nitrogens with zero attached hydrogens (tertiary/aromatic N) is 1. The maximum Gasteiger partial charge on any atom is 0.205 e. The minimum absolute atomic E-state index is 0.0227. The van der Waals surface area contributed by atoms with Gasteiger partial charge in [0, 0.05) is 21.6 Å². The van der Waals surface area contributed by atoms with Crippen LogP contribution in [-0.4, -0.2) is 17.9 Å². The van der Waals surface area contributed by atoms with E-state index < -0.39 is 0 Å². The summed E-state index contributed by atoms with van der Waals surface area (Å²) in [5.74, 6) is 0.393. The van der Waals surface area contributed by atoms with Crippen LogP contribution in [0.5, 0.6) is 5.75 Å². The fourth-order valence-electron chi connectivity index (χ4n) is 2.87. The van der Waals surface area contributed by atoms with Crippen molar-refractivity contribution in [3.05, 3.63) is 83.1 Å². The molecule has 3 rings (SSSR count). The predicted octanol–water partition coefficient (Wildman–Crippen LogP) is 5.40. The molecule has 0 saturated heterocycles. The molecule has 3 aromatic rings. The second-order valence-electron chi connectivity index (χ2n) is 5.93. The van der Waals surface area contributed by atoms with E-state index >= 15 is 0 Å². The summed E-state index contributed by atoms with van der Waals surface area (Å²) in [6.07, 6.45) is 3.01. The molecule has 134 valence electrons. The molecule has 0 fully saturated rings. The number of ketones is 1. The van der Waals surface area contributed by atoms with Gasteiger partial charge in [-0.2, -0.15) is 5.26 Å². The van der Waals surface area contributed by atoms with E-state index in [9.17, 15) is 10.1 Å². The number of rotatable bonds is 5. The number of H-pyrrole nitrogens is 1. The number of nitrogens with one attached hydrogen (secondary N) is 1. The Labute approximate surface area is 162 Å². The average Bonchev–Trinajstić information content (AvgIpc) is 3.03. The molecular weight excluding hydrogens is 360 g/mol. The monoisotopic (exact) mass is 376 g/mol. The number of Topliss-reactive ketones (excluding diaryl/α,β-unsaturated/α-hetero) is 1. The Hall–Kier alpha value is -3.29. The number of hydrogen-bond acceptors (Lipinski definition) is 3. The molecule has 0 bridgehead atoms. The number of carbonyl (C=O) groups excluding carboxylic acids is 1. The van der Waals surface area contributed by atoms with Gasteiger partial charge < -0.3 is 9.72 Å². The maximum absolute atomic E-state index is 12.9. The molecule has 27 heavy (non-hydrogen) atoms. The van der Waals surface area contributed by atoms with Gasteiger partial charge in [0.05, 0.1) is 12.7 Å². The third kappa shape index (κ3) is 3.79. The number of aromatic amines is 1. The van der Waals surface area contributed by atoms with Gasteiger partial charge in [0.15, 0.2) is 0 Å². The summed E-state index contributed by atoms with van der Waals surface area (Å²) in [6, 6.07) is 16.7. The number of carbonyl (C=O) groups is 1. The Kier molecular flexibility index (Phi) is 5.44. The number of para-hydroxylation sites is 1. The largest absolute Gasteiger partial charge is 0.497 e. The highest BCUT2D eigenvalue weighted by molar-refractivity contribution is 6.48. The van der Waals surface area contributed by atoms with Gasteiger partial charge in [0.2, 0.25) is 5.78 Å². The average molecular weight is 377 g/mol. The number of aromatic nitrogens is 1. The highest BCUT2D eigenvalue weighted by Crippen LogP contribution is 2.25. The minimum Gasteiger partial charge on any atom is -0.497 e. The Morgan fingerprint density at radius 2 is 1.85 bits per heavy atom. The third-order valence-electron chi connectivity index (χ3n) is 4.25. The van der Waals surface area contributed by atoms with Crippen LogP contribution in [0.4, 0.5) is 0 Å². The van der Waals surface area contributed by atoms with Crippen molar-refractivity contribution in [3.63, 3.8) is 0 Å². The SMILES string of the molecule is COc1ccc(/C(Cl)=C/C=C(\C#N)C(=O)c2c(C)[nH]c3ccccc23)cc1. The van der Waals surface area contributed by atoms with Gasteiger partial charge in [-0.25, -0.2) is 0 Å². The van der Waals surface area contributed by atoms with Gasteiger partial charge in [-0.15, -0.1) is 0 Å². The highest BCUT2D eigenvalue weighted by Gasteiger charge is 2.19. The van der Waals surface area contributed by atoms with E-state index in [0.29, 0.717) is 10.6 Å². The van der Waals surface area contributed by atoms with Crippen molar-refractivity contribution >= 4 is 33.3 Å². The van der Waals surface area contributed by atoms with E-state index in [0.717, 1.165) is 27.9 Å². The summed E-state index contributed by atoms with van der Waals surface area (Å²) in [6.45, 7) is 1.82. The first-order valence-corrected chi connectivity index (χ1v) is 8.67. The van der Waals surface area contributed by atoms with E-state index in [4.69, 9.17) is 16.3 Å². The van der Waals surface area contributed by atoms with Crippen LogP contribution in [0.25, 0.3) is 15.9 Å². The fourth-order valence-corrected chi connectivity index (χ4v) is 3.06. The summed E-state index contributed by atoms with van der Waals surface area (Å²) >= 11 is 6.31. The molecule has 5 heteroatoms. The number of halogens is 1. The quantitative estimate of drug-likeness (QED) is 0.280. The topological polar surface area (TPSA) is 65.9 Å². The molecule has 0 amide bonds. The molecule has 1 N–H and O–H groups in total. The molecule has 1 aromatic heterocycles. The molecule has 0 radical (unpaired) electrons. The number of allylic oxidation sites excluding steroid dienone is 3. The lowest BCUT2D eigenvalue weighted by atomic mass is 10.0. The van der Waals surface area contributed by atoms with Crippen molar-refractivity contribution in [2.75, 3.05) is 7.11 Å². The van der Waals surface area contributed by atoms with Crippen LogP contribution < -0.4 is 4.74 Å². The van der Waals surface area contributed by atoms with Crippen molar-refractivity contribution in [2.45, 2.75) is 6.92 Å². The van der Waals surface area contributed by atoms with Crippen LogP contribution in [-0.2, 0) is 0 Å². The van der Waals surface area contributed by atoms with E-state index in [1.54, 1.807) is 25.3 Å². The van der Waals surface area contributed by atoms with Crippen molar-refractivity contribution in [1.29, 1.82) is 5.26 Å². The van der Waals surface area contributed by atoms with Crippen molar-refractivity contribution in [2.24, 2.45) is 0 Å². The molecule has 1 heterocycles. The Morgan fingerprint density at radius 1 is 1.15 bits per heavy atom. The standard InChI is InChI=1S/C22H17ClN2O2/c1-14-21(18-5-3-4-6-20(18)25-14)22(26)16(13-24)9-12-19(23)15-7-10-17(27-2)11-8-15/h3-12,25H,1-2H3/b16-9+,19-12-. The van der Waals surface area contributed by atoms with Crippen LogP contribution in [0, 0.1) is 18.3 Å². The van der Waals surface area contributed by atoms with E-state index in [1.807, 2.05) is 49.4 Å². The van der Waals surface area contributed by atoms with Gasteiger partial charge >= 0.3 is 0 Å². The Balaban J connectivity index is 1.94. The van der Waals surface area contributed by atoms with Gasteiger partial charge in [-0.3, -0.25) is 4.79 Å². The molecule has 0 aliphatic heterocycles. The lowest BCUT2D eigenvalue weighted by Gasteiger charge is -2.02. The smallest absolute Gasteiger partial charge is 0.205 e. The zero-order chi connectivity index (χ0) is 19.4. The first-order valence-electron chi connectivity index (χ1n) is 8.29. The zero-order valence-corrected chi connectivity index (χ0v) is 15.7. The summed E-state index contributed by atoms with van der Waals surface area (Å²) in [5.41, 5.74) is 2.89. The van der Waals surface area contributed by atoms with Gasteiger partial charge in [-0.1, -0.05) is 29.8 Å². The predicted molar refractivity (Wildman–Crippen MR) is 108 cm³/mol. The summed E-state index contributed by atoms with van der Waals surface area (Å²) in [4.78, 5) is 16.1. The fraction of sp³-hybridized carbons (Fsp3) is 0.0909.